The van der Waals surface area contributed by atoms with Crippen molar-refractivity contribution in [2.24, 2.45) is 5.73 Å². The number of aromatic nitrogens is 3. The van der Waals surface area contributed by atoms with E-state index in [0.29, 0.717) is 16.7 Å². The zero-order valence-corrected chi connectivity index (χ0v) is 17.3. The molecule has 9 nitrogen and oxygen atoms in total. The lowest BCUT2D eigenvalue weighted by molar-refractivity contribution is -0.119. The summed E-state index contributed by atoms with van der Waals surface area (Å²) in [5, 5.41) is 10.4. The predicted octanol–water partition coefficient (Wildman–Crippen LogP) is 2.53. The maximum absolute atomic E-state index is 12.1. The maximum Gasteiger partial charge on any atom is 0.318 e. The number of ether oxygens (including phenoxy) is 2. The van der Waals surface area contributed by atoms with Crippen molar-refractivity contribution in [3.05, 3.63) is 60.4 Å². The number of imide groups is 1. The summed E-state index contributed by atoms with van der Waals surface area (Å²) >= 11 is 1.16. The number of hydrogen-bond donors (Lipinski definition) is 2. The van der Waals surface area contributed by atoms with Crippen LogP contribution < -0.4 is 20.5 Å². The lowest BCUT2D eigenvalue weighted by Crippen LogP contribution is -2.39. The molecule has 1 aromatic heterocycles. The predicted molar refractivity (Wildman–Crippen MR) is 112 cm³/mol. The molecule has 10 heteroatoms. The lowest BCUT2D eigenvalue weighted by atomic mass is 10.3. The fourth-order valence-electron chi connectivity index (χ4n) is 2.56. The van der Waals surface area contributed by atoms with Crippen LogP contribution >= 0.6 is 11.8 Å². The number of nitrogens with one attached hydrogen (secondary N) is 1. The van der Waals surface area contributed by atoms with E-state index in [9.17, 15) is 9.59 Å². The van der Waals surface area contributed by atoms with Crippen molar-refractivity contribution in [3.63, 3.8) is 0 Å². The number of urea groups is 1. The van der Waals surface area contributed by atoms with Crippen LogP contribution in [-0.2, 0) is 11.4 Å². The molecule has 0 spiro atoms. The monoisotopic (exact) mass is 427 g/mol. The van der Waals surface area contributed by atoms with Gasteiger partial charge >= 0.3 is 6.03 Å². The van der Waals surface area contributed by atoms with Gasteiger partial charge in [-0.2, -0.15) is 0 Å². The Kier molecular flexibility index (Phi) is 6.91. The van der Waals surface area contributed by atoms with E-state index in [1.807, 2.05) is 34.9 Å². The Morgan fingerprint density at radius 3 is 2.40 bits per heavy atom. The highest BCUT2D eigenvalue weighted by atomic mass is 32.2. The van der Waals surface area contributed by atoms with Gasteiger partial charge in [-0.05, 0) is 43.3 Å². The summed E-state index contributed by atoms with van der Waals surface area (Å²) in [6, 6.07) is 15.8. The van der Waals surface area contributed by atoms with E-state index >= 15 is 0 Å². The van der Waals surface area contributed by atoms with Crippen LogP contribution in [0.15, 0.2) is 59.8 Å². The van der Waals surface area contributed by atoms with E-state index in [-0.39, 0.29) is 6.61 Å². The van der Waals surface area contributed by atoms with E-state index < -0.39 is 17.2 Å². The molecule has 0 aliphatic carbocycles. The van der Waals surface area contributed by atoms with Crippen molar-refractivity contribution >= 4 is 23.7 Å². The Balaban J connectivity index is 1.82. The van der Waals surface area contributed by atoms with Crippen molar-refractivity contribution in [1.82, 2.24) is 20.1 Å². The van der Waals surface area contributed by atoms with E-state index in [0.717, 1.165) is 23.2 Å². The molecule has 0 aliphatic rings. The zero-order chi connectivity index (χ0) is 21.5. The van der Waals surface area contributed by atoms with Gasteiger partial charge in [-0.25, -0.2) is 4.79 Å². The number of hydrogen-bond acceptors (Lipinski definition) is 7. The number of primary amides is 1. The standard InChI is InChI=1S/C20H21N5O4S/c1-13(18(26)22-19(21)27)30-20-24-23-17(25(20)14-6-4-3-5-7-14)12-29-16-10-8-15(28-2)9-11-16/h3-11,13H,12H2,1-2H3,(H3,21,22,26,27)/t13-/m0/s1. The molecule has 0 bridgehead atoms. The number of nitrogens with zero attached hydrogens (tertiary/aromatic N) is 3. The summed E-state index contributed by atoms with van der Waals surface area (Å²) in [7, 11) is 1.60. The lowest BCUT2D eigenvalue weighted by Gasteiger charge is -2.13. The van der Waals surface area contributed by atoms with Gasteiger partial charge in [-0.15, -0.1) is 10.2 Å². The molecular weight excluding hydrogens is 406 g/mol. The Morgan fingerprint density at radius 2 is 1.77 bits per heavy atom. The Labute approximate surface area is 177 Å². The molecule has 3 N–H and O–H groups in total. The van der Waals surface area contributed by atoms with Crippen molar-refractivity contribution in [2.75, 3.05) is 7.11 Å². The van der Waals surface area contributed by atoms with Crippen molar-refractivity contribution < 1.29 is 19.1 Å². The SMILES string of the molecule is COc1ccc(OCc2nnc(S[C@@H](C)C(=O)NC(N)=O)n2-c2ccccc2)cc1. The van der Waals surface area contributed by atoms with Crippen LogP contribution in [0.2, 0.25) is 0 Å². The van der Waals surface area contributed by atoms with Gasteiger partial charge in [0.2, 0.25) is 5.91 Å². The van der Waals surface area contributed by atoms with E-state index in [4.69, 9.17) is 15.2 Å². The largest absolute Gasteiger partial charge is 0.497 e. The summed E-state index contributed by atoms with van der Waals surface area (Å²) in [5.41, 5.74) is 5.85. The molecule has 0 saturated heterocycles. The summed E-state index contributed by atoms with van der Waals surface area (Å²) < 4.78 is 12.8. The van der Waals surface area contributed by atoms with Crippen LogP contribution in [0.5, 0.6) is 11.5 Å². The number of rotatable bonds is 8. The van der Waals surface area contributed by atoms with E-state index in [1.165, 1.54) is 0 Å². The molecule has 156 valence electrons. The molecule has 0 saturated carbocycles. The molecule has 0 unspecified atom stereocenters. The van der Waals surface area contributed by atoms with Gasteiger partial charge in [-0.1, -0.05) is 30.0 Å². The molecule has 30 heavy (non-hydrogen) atoms. The minimum atomic E-state index is -0.898. The number of benzene rings is 2. The van der Waals surface area contributed by atoms with Crippen LogP contribution in [0, 0.1) is 0 Å². The molecule has 0 fully saturated rings. The van der Waals surface area contributed by atoms with Crippen LogP contribution in [-0.4, -0.2) is 39.1 Å². The van der Waals surface area contributed by atoms with Gasteiger partial charge < -0.3 is 15.2 Å². The maximum atomic E-state index is 12.1. The molecule has 0 radical (unpaired) electrons. The molecule has 0 aliphatic heterocycles. The molecule has 1 atom stereocenters. The first-order valence-corrected chi connectivity index (χ1v) is 9.89. The quantitative estimate of drug-likeness (QED) is 0.530. The number of para-hydroxylation sites is 1. The van der Waals surface area contributed by atoms with Crippen molar-refractivity contribution in [3.8, 4) is 17.2 Å². The van der Waals surface area contributed by atoms with Crippen LogP contribution in [0.3, 0.4) is 0 Å². The van der Waals surface area contributed by atoms with Gasteiger partial charge in [-0.3, -0.25) is 14.7 Å². The topological polar surface area (TPSA) is 121 Å². The molecule has 3 amide bonds. The highest BCUT2D eigenvalue weighted by Gasteiger charge is 2.22. The van der Waals surface area contributed by atoms with Gasteiger partial charge in [0.1, 0.15) is 18.1 Å². The summed E-state index contributed by atoms with van der Waals surface area (Å²) in [6.07, 6.45) is 0. The highest BCUT2D eigenvalue weighted by molar-refractivity contribution is 8.00. The average Bonchev–Trinajstić information content (AvgIpc) is 3.15. The van der Waals surface area contributed by atoms with Crippen LogP contribution in [0.4, 0.5) is 4.79 Å². The van der Waals surface area contributed by atoms with Gasteiger partial charge in [0.05, 0.1) is 12.4 Å². The third kappa shape index (κ3) is 5.29. The Bertz CT molecular complexity index is 1010. The van der Waals surface area contributed by atoms with Gasteiger partial charge in [0, 0.05) is 5.69 Å². The molecular formula is C20H21N5O4S. The number of carbonyl (C=O) groups excluding carboxylic acids is 2. The first-order chi connectivity index (χ1) is 14.5. The third-order valence-corrected chi connectivity index (χ3v) is 5.08. The number of amides is 3. The van der Waals surface area contributed by atoms with Gasteiger partial charge in [0.25, 0.3) is 0 Å². The second kappa shape index (κ2) is 9.79. The summed E-state index contributed by atoms with van der Waals surface area (Å²) in [4.78, 5) is 23.0. The number of nitrogens with two attached hydrogens (primary N) is 1. The smallest absolute Gasteiger partial charge is 0.318 e. The molecule has 3 aromatic rings. The second-order valence-corrected chi connectivity index (χ2v) is 7.46. The van der Waals surface area contributed by atoms with Gasteiger partial charge in [0.15, 0.2) is 11.0 Å². The normalized spacial score (nSPS) is 11.5. The third-order valence-electron chi connectivity index (χ3n) is 4.04. The number of thioether (sulfide) groups is 1. The Hall–Kier alpha value is -3.53. The van der Waals surface area contributed by atoms with E-state index in [1.54, 1.807) is 38.3 Å². The number of methoxy groups -OCH3 is 1. The second-order valence-electron chi connectivity index (χ2n) is 6.15. The van der Waals surface area contributed by atoms with Crippen LogP contribution in [0.25, 0.3) is 5.69 Å². The first-order valence-electron chi connectivity index (χ1n) is 9.01. The molecule has 1 heterocycles. The van der Waals surface area contributed by atoms with E-state index in [2.05, 4.69) is 15.5 Å². The van der Waals surface area contributed by atoms with Crippen LogP contribution in [0.1, 0.15) is 12.7 Å². The average molecular weight is 427 g/mol. The zero-order valence-electron chi connectivity index (χ0n) is 16.4. The molecule has 3 rings (SSSR count). The minimum absolute atomic E-state index is 0.163. The summed E-state index contributed by atoms with van der Waals surface area (Å²) in [5.74, 6) is 1.44. The van der Waals surface area contributed by atoms with Crippen molar-refractivity contribution in [2.45, 2.75) is 23.9 Å². The first kappa shape index (κ1) is 21.2. The minimum Gasteiger partial charge on any atom is -0.497 e. The molecule has 2 aromatic carbocycles. The fraction of sp³-hybridized carbons (Fsp3) is 0.200. The fourth-order valence-corrected chi connectivity index (χ4v) is 3.45. The summed E-state index contributed by atoms with van der Waals surface area (Å²) in [6.45, 7) is 1.82. The number of carbonyl (C=O) groups is 2. The highest BCUT2D eigenvalue weighted by Crippen LogP contribution is 2.26. The van der Waals surface area contributed by atoms with Crippen molar-refractivity contribution in [1.29, 1.82) is 0 Å². The Morgan fingerprint density at radius 1 is 1.10 bits per heavy atom.